The molecule has 2 rings (SSSR count). The van der Waals surface area contributed by atoms with Crippen molar-refractivity contribution in [2.75, 3.05) is 19.8 Å². The number of hydrogen-bond acceptors (Lipinski definition) is 3. The Morgan fingerprint density at radius 2 is 2.07 bits per heavy atom. The molecule has 0 aromatic carbocycles. The fraction of sp³-hybridized carbons (Fsp3) is 1.00. The SMILES string of the molecule is CC1COCCN1C1CCCCC1N. The standard InChI is InChI=1S/C11H22N2O/c1-9-8-14-7-6-13(9)11-5-3-2-4-10(11)12/h9-11H,2-8,12H2,1H3. The first-order valence-electron chi connectivity index (χ1n) is 5.88. The molecule has 2 N–H and O–H groups in total. The lowest BCUT2D eigenvalue weighted by molar-refractivity contribution is -0.0334. The highest BCUT2D eigenvalue weighted by Crippen LogP contribution is 2.24. The smallest absolute Gasteiger partial charge is 0.0619 e. The zero-order chi connectivity index (χ0) is 9.97. The summed E-state index contributed by atoms with van der Waals surface area (Å²) in [5, 5.41) is 0. The first kappa shape index (κ1) is 10.4. The minimum atomic E-state index is 0.393. The fourth-order valence-electron chi connectivity index (χ4n) is 2.78. The van der Waals surface area contributed by atoms with Crippen molar-refractivity contribution >= 4 is 0 Å². The van der Waals surface area contributed by atoms with Crippen LogP contribution < -0.4 is 5.73 Å². The molecular weight excluding hydrogens is 176 g/mol. The maximum Gasteiger partial charge on any atom is 0.0619 e. The molecule has 0 radical (unpaired) electrons. The summed E-state index contributed by atoms with van der Waals surface area (Å²) in [7, 11) is 0. The third kappa shape index (κ3) is 2.10. The van der Waals surface area contributed by atoms with Crippen LogP contribution in [0.2, 0.25) is 0 Å². The molecule has 1 saturated carbocycles. The molecule has 0 bridgehead atoms. The summed E-state index contributed by atoms with van der Waals surface area (Å²) in [5.41, 5.74) is 6.19. The van der Waals surface area contributed by atoms with Crippen LogP contribution in [0, 0.1) is 0 Å². The van der Waals surface area contributed by atoms with Crippen LogP contribution in [0.3, 0.4) is 0 Å². The largest absolute Gasteiger partial charge is 0.379 e. The van der Waals surface area contributed by atoms with Crippen LogP contribution >= 0.6 is 0 Å². The van der Waals surface area contributed by atoms with Gasteiger partial charge in [-0.2, -0.15) is 0 Å². The third-order valence-electron chi connectivity index (χ3n) is 3.63. The summed E-state index contributed by atoms with van der Waals surface area (Å²) < 4.78 is 5.46. The van der Waals surface area contributed by atoms with Crippen molar-refractivity contribution in [3.63, 3.8) is 0 Å². The average molecular weight is 198 g/mol. The number of nitrogens with two attached hydrogens (primary N) is 1. The van der Waals surface area contributed by atoms with E-state index in [-0.39, 0.29) is 0 Å². The predicted octanol–water partition coefficient (Wildman–Crippen LogP) is 0.977. The van der Waals surface area contributed by atoms with E-state index >= 15 is 0 Å². The van der Waals surface area contributed by atoms with Gasteiger partial charge in [-0.3, -0.25) is 4.90 Å². The minimum absolute atomic E-state index is 0.393. The van der Waals surface area contributed by atoms with Crippen LogP contribution in [0.15, 0.2) is 0 Å². The normalized spacial score (nSPS) is 41.1. The third-order valence-corrected chi connectivity index (χ3v) is 3.63. The monoisotopic (exact) mass is 198 g/mol. The van der Waals surface area contributed by atoms with Gasteiger partial charge in [0.05, 0.1) is 13.2 Å². The van der Waals surface area contributed by atoms with E-state index in [4.69, 9.17) is 10.5 Å². The van der Waals surface area contributed by atoms with Crippen LogP contribution in [-0.4, -0.2) is 42.8 Å². The van der Waals surface area contributed by atoms with E-state index in [1.165, 1.54) is 25.7 Å². The molecule has 2 fully saturated rings. The second-order valence-electron chi connectivity index (χ2n) is 4.68. The van der Waals surface area contributed by atoms with Gasteiger partial charge < -0.3 is 10.5 Å². The highest BCUT2D eigenvalue weighted by Gasteiger charge is 2.31. The van der Waals surface area contributed by atoms with Gasteiger partial charge in [0.1, 0.15) is 0 Å². The van der Waals surface area contributed by atoms with Crippen molar-refractivity contribution in [2.45, 2.75) is 50.7 Å². The van der Waals surface area contributed by atoms with Gasteiger partial charge in [-0.15, -0.1) is 0 Å². The molecule has 2 aliphatic rings. The zero-order valence-electron chi connectivity index (χ0n) is 9.11. The van der Waals surface area contributed by atoms with Gasteiger partial charge in [0.25, 0.3) is 0 Å². The maximum atomic E-state index is 6.19. The molecule has 3 nitrogen and oxygen atoms in total. The number of morpholine rings is 1. The molecule has 3 atom stereocenters. The second kappa shape index (κ2) is 4.60. The molecule has 1 heterocycles. The summed E-state index contributed by atoms with van der Waals surface area (Å²) in [4.78, 5) is 2.56. The quantitative estimate of drug-likeness (QED) is 0.682. The summed E-state index contributed by atoms with van der Waals surface area (Å²) in [6.45, 7) is 5.08. The Bertz CT molecular complexity index is 166. The first-order valence-corrected chi connectivity index (χ1v) is 5.88. The Kier molecular flexibility index (Phi) is 3.42. The molecule has 82 valence electrons. The Labute approximate surface area is 86.6 Å². The predicted molar refractivity (Wildman–Crippen MR) is 57.2 cm³/mol. The molecule has 1 saturated heterocycles. The van der Waals surface area contributed by atoms with Crippen molar-refractivity contribution in [1.29, 1.82) is 0 Å². The zero-order valence-corrected chi connectivity index (χ0v) is 9.11. The van der Waals surface area contributed by atoms with Crippen molar-refractivity contribution in [2.24, 2.45) is 5.73 Å². The highest BCUT2D eigenvalue weighted by atomic mass is 16.5. The Morgan fingerprint density at radius 1 is 1.29 bits per heavy atom. The van der Waals surface area contributed by atoms with E-state index in [9.17, 15) is 0 Å². The maximum absolute atomic E-state index is 6.19. The number of ether oxygens (including phenoxy) is 1. The van der Waals surface area contributed by atoms with Crippen LogP contribution in [0.4, 0.5) is 0 Å². The van der Waals surface area contributed by atoms with Crippen LogP contribution in [0.25, 0.3) is 0 Å². The van der Waals surface area contributed by atoms with E-state index < -0.39 is 0 Å². The molecule has 1 aliphatic carbocycles. The van der Waals surface area contributed by atoms with Gasteiger partial charge in [-0.25, -0.2) is 0 Å². The van der Waals surface area contributed by atoms with Crippen LogP contribution in [0.1, 0.15) is 32.6 Å². The topological polar surface area (TPSA) is 38.5 Å². The van der Waals surface area contributed by atoms with Crippen molar-refractivity contribution in [3.8, 4) is 0 Å². The first-order chi connectivity index (χ1) is 6.79. The van der Waals surface area contributed by atoms with Crippen molar-refractivity contribution in [1.82, 2.24) is 4.90 Å². The van der Waals surface area contributed by atoms with Gasteiger partial charge in [0.2, 0.25) is 0 Å². The number of rotatable bonds is 1. The minimum Gasteiger partial charge on any atom is -0.379 e. The van der Waals surface area contributed by atoms with Crippen LogP contribution in [-0.2, 0) is 4.74 Å². The Hall–Kier alpha value is -0.120. The second-order valence-corrected chi connectivity index (χ2v) is 4.68. The lowest BCUT2D eigenvalue weighted by Gasteiger charge is -2.43. The molecule has 0 aromatic heterocycles. The van der Waals surface area contributed by atoms with Crippen molar-refractivity contribution < 1.29 is 4.74 Å². The van der Waals surface area contributed by atoms with Crippen molar-refractivity contribution in [3.05, 3.63) is 0 Å². The van der Waals surface area contributed by atoms with Gasteiger partial charge in [0.15, 0.2) is 0 Å². The van der Waals surface area contributed by atoms with E-state index in [1.807, 2.05) is 0 Å². The summed E-state index contributed by atoms with van der Waals surface area (Å²) in [6.07, 6.45) is 5.15. The van der Waals surface area contributed by atoms with Gasteiger partial charge in [-0.1, -0.05) is 12.8 Å². The van der Waals surface area contributed by atoms with E-state index in [0.717, 1.165) is 19.8 Å². The van der Waals surface area contributed by atoms with Crippen LogP contribution in [0.5, 0.6) is 0 Å². The van der Waals surface area contributed by atoms with E-state index in [0.29, 0.717) is 18.1 Å². The number of hydrogen-bond donors (Lipinski definition) is 1. The summed E-state index contributed by atoms with van der Waals surface area (Å²) in [6, 6.07) is 1.56. The molecule has 0 spiro atoms. The molecule has 0 aromatic rings. The Balaban J connectivity index is 1.96. The van der Waals surface area contributed by atoms with Gasteiger partial charge >= 0.3 is 0 Å². The molecule has 0 amide bonds. The molecule has 3 unspecified atom stereocenters. The lowest BCUT2D eigenvalue weighted by atomic mass is 9.89. The Morgan fingerprint density at radius 3 is 2.79 bits per heavy atom. The molecule has 3 heteroatoms. The number of nitrogens with zero attached hydrogens (tertiary/aromatic N) is 1. The average Bonchev–Trinajstić information content (AvgIpc) is 2.20. The fourth-order valence-corrected chi connectivity index (χ4v) is 2.78. The summed E-state index contributed by atoms with van der Waals surface area (Å²) >= 11 is 0. The van der Waals surface area contributed by atoms with Gasteiger partial charge in [0, 0.05) is 24.7 Å². The lowest BCUT2D eigenvalue weighted by Crippen LogP contribution is -2.56. The molecule has 14 heavy (non-hydrogen) atoms. The van der Waals surface area contributed by atoms with E-state index in [1.54, 1.807) is 0 Å². The molecule has 1 aliphatic heterocycles. The summed E-state index contributed by atoms with van der Waals surface area (Å²) in [5.74, 6) is 0. The van der Waals surface area contributed by atoms with Gasteiger partial charge in [-0.05, 0) is 19.8 Å². The molecular formula is C11H22N2O. The highest BCUT2D eigenvalue weighted by molar-refractivity contribution is 4.89. The van der Waals surface area contributed by atoms with E-state index in [2.05, 4.69) is 11.8 Å².